The minimum atomic E-state index is -0.145. The van der Waals surface area contributed by atoms with Crippen LogP contribution < -0.4 is 15.5 Å². The molecule has 1 amide bonds. The zero-order chi connectivity index (χ0) is 17.4. The molecule has 0 radical (unpaired) electrons. The maximum Gasteiger partial charge on any atom is 0.254 e. The van der Waals surface area contributed by atoms with Gasteiger partial charge in [-0.15, -0.1) is 0 Å². The number of amides is 1. The summed E-state index contributed by atoms with van der Waals surface area (Å²) in [6.45, 7) is 5.51. The van der Waals surface area contributed by atoms with Gasteiger partial charge in [-0.25, -0.2) is 9.97 Å². The van der Waals surface area contributed by atoms with E-state index in [2.05, 4.69) is 37.6 Å². The third kappa shape index (κ3) is 5.53. The molecule has 0 unspecified atom stereocenters. The molecule has 24 heavy (non-hydrogen) atoms. The lowest BCUT2D eigenvalue weighted by Gasteiger charge is -2.19. The molecule has 0 aliphatic rings. The summed E-state index contributed by atoms with van der Waals surface area (Å²) >= 11 is 0. The van der Waals surface area contributed by atoms with E-state index in [0.717, 1.165) is 13.0 Å². The third-order valence-corrected chi connectivity index (χ3v) is 3.48. The van der Waals surface area contributed by atoms with Gasteiger partial charge in [0.05, 0.1) is 5.56 Å². The highest BCUT2D eigenvalue weighted by Gasteiger charge is 2.07. The molecule has 0 saturated carbocycles. The highest BCUT2D eigenvalue weighted by molar-refractivity contribution is 5.93. The summed E-state index contributed by atoms with van der Waals surface area (Å²) in [7, 11) is 2.05. The van der Waals surface area contributed by atoms with Crippen molar-refractivity contribution in [3.05, 3.63) is 48.3 Å². The van der Waals surface area contributed by atoms with Crippen molar-refractivity contribution in [1.82, 2.24) is 15.3 Å². The molecule has 128 valence electrons. The molecule has 1 aromatic carbocycles. The number of carbonyl (C=O) groups excluding carboxylic acids is 1. The first-order valence-corrected chi connectivity index (χ1v) is 8.19. The molecule has 6 nitrogen and oxygen atoms in total. The van der Waals surface area contributed by atoms with Crippen molar-refractivity contribution >= 4 is 17.5 Å². The van der Waals surface area contributed by atoms with Gasteiger partial charge in [0.15, 0.2) is 0 Å². The molecule has 2 N–H and O–H groups in total. The summed E-state index contributed by atoms with van der Waals surface area (Å²) in [5.74, 6) is 0.388. The molecule has 0 atom stereocenters. The molecular formula is C18H25N5O. The molecule has 2 aromatic rings. The Morgan fingerprint density at radius 1 is 1.17 bits per heavy atom. The van der Waals surface area contributed by atoms with Crippen LogP contribution in [0.4, 0.5) is 11.6 Å². The second-order valence-corrected chi connectivity index (χ2v) is 5.96. The first-order valence-electron chi connectivity index (χ1n) is 8.19. The Labute approximate surface area is 143 Å². The minimum absolute atomic E-state index is 0.145. The fraction of sp³-hybridized carbons (Fsp3) is 0.389. The van der Waals surface area contributed by atoms with E-state index in [1.54, 1.807) is 12.4 Å². The molecule has 0 fully saturated rings. The Hall–Kier alpha value is -2.63. The van der Waals surface area contributed by atoms with Gasteiger partial charge in [0.25, 0.3) is 5.91 Å². The molecule has 0 saturated heterocycles. The lowest BCUT2D eigenvalue weighted by Crippen LogP contribution is -2.28. The molecular weight excluding hydrogens is 302 g/mol. The Morgan fingerprint density at radius 2 is 1.83 bits per heavy atom. The zero-order valence-electron chi connectivity index (χ0n) is 14.5. The van der Waals surface area contributed by atoms with E-state index in [-0.39, 0.29) is 11.9 Å². The van der Waals surface area contributed by atoms with Gasteiger partial charge in [0.1, 0.15) is 0 Å². The minimum Gasteiger partial charge on any atom is -0.375 e. The SMILES string of the molecule is CC(C)Nc1ncc(C(=O)NCCCN(C)c2ccccc2)cn1. The van der Waals surface area contributed by atoms with Gasteiger partial charge in [-0.2, -0.15) is 0 Å². The number of hydrogen-bond donors (Lipinski definition) is 2. The predicted molar refractivity (Wildman–Crippen MR) is 97.5 cm³/mol. The Balaban J connectivity index is 1.73. The van der Waals surface area contributed by atoms with Crippen molar-refractivity contribution < 1.29 is 4.79 Å². The van der Waals surface area contributed by atoms with Crippen molar-refractivity contribution in [3.63, 3.8) is 0 Å². The van der Waals surface area contributed by atoms with Crippen molar-refractivity contribution in [1.29, 1.82) is 0 Å². The lowest BCUT2D eigenvalue weighted by molar-refractivity contribution is 0.0952. The normalized spacial score (nSPS) is 10.5. The topological polar surface area (TPSA) is 70.2 Å². The monoisotopic (exact) mass is 327 g/mol. The first-order chi connectivity index (χ1) is 11.6. The second kappa shape index (κ2) is 8.86. The molecule has 0 aliphatic heterocycles. The van der Waals surface area contributed by atoms with Gasteiger partial charge < -0.3 is 15.5 Å². The van der Waals surface area contributed by atoms with Crippen LogP contribution in [0.5, 0.6) is 0 Å². The Kier molecular flexibility index (Phi) is 6.54. The van der Waals surface area contributed by atoms with E-state index in [4.69, 9.17) is 0 Å². The van der Waals surface area contributed by atoms with E-state index >= 15 is 0 Å². The van der Waals surface area contributed by atoms with Crippen LogP contribution in [0.2, 0.25) is 0 Å². The van der Waals surface area contributed by atoms with Gasteiger partial charge in [0, 0.05) is 44.3 Å². The first kappa shape index (κ1) is 17.7. The van der Waals surface area contributed by atoms with E-state index in [1.807, 2.05) is 39.1 Å². The molecule has 1 aromatic heterocycles. The number of rotatable bonds is 8. The number of anilines is 2. The van der Waals surface area contributed by atoms with Crippen LogP contribution in [0.1, 0.15) is 30.6 Å². The maximum atomic E-state index is 12.1. The number of aromatic nitrogens is 2. The summed E-state index contributed by atoms with van der Waals surface area (Å²) in [6, 6.07) is 10.4. The van der Waals surface area contributed by atoms with Gasteiger partial charge in [-0.3, -0.25) is 4.79 Å². The Morgan fingerprint density at radius 3 is 2.46 bits per heavy atom. The molecule has 0 aliphatic carbocycles. The number of carbonyl (C=O) groups is 1. The predicted octanol–water partition coefficient (Wildman–Crippen LogP) is 2.55. The van der Waals surface area contributed by atoms with Gasteiger partial charge in [0.2, 0.25) is 5.95 Å². The van der Waals surface area contributed by atoms with E-state index in [9.17, 15) is 4.79 Å². The number of benzene rings is 1. The van der Waals surface area contributed by atoms with Crippen molar-refractivity contribution in [3.8, 4) is 0 Å². The standard InChI is InChI=1S/C18H25N5O/c1-14(2)22-18-20-12-15(13-21-18)17(24)19-10-7-11-23(3)16-8-5-4-6-9-16/h4-6,8-9,12-14H,7,10-11H2,1-3H3,(H,19,24)(H,20,21,22). The van der Waals surface area contributed by atoms with Crippen molar-refractivity contribution in [2.45, 2.75) is 26.3 Å². The summed E-state index contributed by atoms with van der Waals surface area (Å²) < 4.78 is 0. The second-order valence-electron chi connectivity index (χ2n) is 5.96. The van der Waals surface area contributed by atoms with Crippen LogP contribution in [0.3, 0.4) is 0 Å². The highest BCUT2D eigenvalue weighted by atomic mass is 16.1. The quantitative estimate of drug-likeness (QED) is 0.729. The molecule has 2 rings (SSSR count). The van der Waals surface area contributed by atoms with E-state index < -0.39 is 0 Å². The lowest BCUT2D eigenvalue weighted by atomic mass is 10.2. The smallest absolute Gasteiger partial charge is 0.254 e. The average Bonchev–Trinajstić information content (AvgIpc) is 2.59. The van der Waals surface area contributed by atoms with Gasteiger partial charge in [-0.05, 0) is 32.4 Å². The van der Waals surface area contributed by atoms with Crippen LogP contribution >= 0.6 is 0 Å². The number of hydrogen-bond acceptors (Lipinski definition) is 5. The van der Waals surface area contributed by atoms with E-state index in [1.165, 1.54) is 5.69 Å². The van der Waals surface area contributed by atoms with Crippen molar-refractivity contribution in [2.24, 2.45) is 0 Å². The summed E-state index contributed by atoms with van der Waals surface area (Å²) in [4.78, 5) is 22.5. The largest absolute Gasteiger partial charge is 0.375 e. The average molecular weight is 327 g/mol. The van der Waals surface area contributed by atoms with Crippen LogP contribution in [0.25, 0.3) is 0 Å². The number of para-hydroxylation sites is 1. The number of nitrogens with zero attached hydrogens (tertiary/aromatic N) is 3. The third-order valence-electron chi connectivity index (χ3n) is 3.48. The van der Waals surface area contributed by atoms with Crippen molar-refractivity contribution in [2.75, 3.05) is 30.4 Å². The molecule has 1 heterocycles. The van der Waals surface area contributed by atoms with E-state index in [0.29, 0.717) is 18.1 Å². The van der Waals surface area contributed by atoms with Crippen LogP contribution in [0.15, 0.2) is 42.7 Å². The molecule has 0 spiro atoms. The zero-order valence-corrected chi connectivity index (χ0v) is 14.5. The van der Waals surface area contributed by atoms with Gasteiger partial charge in [-0.1, -0.05) is 18.2 Å². The van der Waals surface area contributed by atoms with Crippen LogP contribution in [-0.2, 0) is 0 Å². The summed E-state index contributed by atoms with van der Waals surface area (Å²) in [5, 5.41) is 5.99. The van der Waals surface area contributed by atoms with Crippen LogP contribution in [-0.4, -0.2) is 42.1 Å². The highest BCUT2D eigenvalue weighted by Crippen LogP contribution is 2.10. The Bertz CT molecular complexity index is 628. The fourth-order valence-corrected chi connectivity index (χ4v) is 2.21. The molecule has 6 heteroatoms. The maximum absolute atomic E-state index is 12.1. The summed E-state index contributed by atoms with van der Waals surface area (Å²) in [6.07, 6.45) is 3.96. The van der Waals surface area contributed by atoms with Crippen LogP contribution in [0, 0.1) is 0 Å². The van der Waals surface area contributed by atoms with Gasteiger partial charge >= 0.3 is 0 Å². The molecule has 0 bridgehead atoms. The number of nitrogens with one attached hydrogen (secondary N) is 2. The summed E-state index contributed by atoms with van der Waals surface area (Å²) in [5.41, 5.74) is 1.64. The fourth-order valence-electron chi connectivity index (χ4n) is 2.21.